The molecular weight excluding hydrogens is 398 g/mol. The second kappa shape index (κ2) is 8.44. The third kappa shape index (κ3) is 3.51. The average Bonchev–Trinajstić information content (AvgIpc) is 3.33. The summed E-state index contributed by atoms with van der Waals surface area (Å²) in [5.74, 6) is -0.145. The molecule has 160 valence electrons. The van der Waals surface area contributed by atoms with Crippen LogP contribution in [-0.4, -0.2) is 28.7 Å². The third-order valence-corrected chi connectivity index (χ3v) is 6.22. The lowest BCUT2D eigenvalue weighted by Crippen LogP contribution is -2.33. The number of pyridine rings is 1. The Kier molecular flexibility index (Phi) is 5.33. The van der Waals surface area contributed by atoms with E-state index in [-0.39, 0.29) is 18.1 Å². The van der Waals surface area contributed by atoms with E-state index in [0.717, 1.165) is 39.8 Å². The second-order valence-electron chi connectivity index (χ2n) is 8.06. The number of methoxy groups -OCH3 is 1. The fourth-order valence-electron chi connectivity index (χ4n) is 4.71. The van der Waals surface area contributed by atoms with Crippen LogP contribution < -0.4 is 5.32 Å². The summed E-state index contributed by atoms with van der Waals surface area (Å²) in [6, 6.07) is 22.2. The lowest BCUT2D eigenvalue weighted by atomic mass is 10.0. The van der Waals surface area contributed by atoms with Crippen molar-refractivity contribution in [1.29, 1.82) is 0 Å². The zero-order chi connectivity index (χ0) is 22.1. The summed E-state index contributed by atoms with van der Waals surface area (Å²) in [7, 11) is 3.70. The molecule has 0 unspecified atom stereocenters. The number of benzene rings is 2. The van der Waals surface area contributed by atoms with Crippen LogP contribution in [-0.2, 0) is 23.0 Å². The van der Waals surface area contributed by atoms with E-state index >= 15 is 0 Å². The number of amides is 1. The molecule has 1 amide bonds. The van der Waals surface area contributed by atoms with Gasteiger partial charge in [0.15, 0.2) is 0 Å². The summed E-state index contributed by atoms with van der Waals surface area (Å²) in [6.07, 6.45) is 6.03. The Labute approximate surface area is 187 Å². The lowest BCUT2D eigenvalue weighted by Gasteiger charge is -2.20. The number of ether oxygens (including phenoxy) is 1. The van der Waals surface area contributed by atoms with Crippen molar-refractivity contribution < 1.29 is 9.53 Å². The zero-order valence-electron chi connectivity index (χ0n) is 18.2. The molecule has 0 bridgehead atoms. The predicted octanol–water partition coefficient (Wildman–Crippen LogP) is 4.68. The molecular formula is C27H25N3O2. The number of hydrogen-bond acceptors (Lipinski definition) is 3. The highest BCUT2D eigenvalue weighted by molar-refractivity contribution is 6.00. The number of nitrogens with one attached hydrogen (secondary N) is 1. The monoisotopic (exact) mass is 423 g/mol. The van der Waals surface area contributed by atoms with E-state index in [0.29, 0.717) is 0 Å². The maximum Gasteiger partial charge on any atom is 0.244 e. The minimum Gasteiger partial charge on any atom is -0.379 e. The summed E-state index contributed by atoms with van der Waals surface area (Å²) in [5.41, 5.74) is 6.32. The van der Waals surface area contributed by atoms with Crippen molar-refractivity contribution >= 4 is 23.0 Å². The molecule has 1 aliphatic rings. The van der Waals surface area contributed by atoms with Crippen molar-refractivity contribution in [2.24, 2.45) is 7.05 Å². The first-order chi connectivity index (χ1) is 15.7. The van der Waals surface area contributed by atoms with Gasteiger partial charge in [-0.2, -0.15) is 0 Å². The standard InChI is InChI=1S/C27H25N3O2/c1-30-26(18-9-4-3-5-10-18)21(22-13-8-16-28-27(22)30)14-15-24(31)29-25-20-12-7-6-11-19(20)17-23(25)32-2/h3-16,23,25H,17H2,1-2H3,(H,29,31)/b15-14+/t23-,25+/m0/s1. The molecule has 0 radical (unpaired) electrons. The Balaban J connectivity index is 1.48. The van der Waals surface area contributed by atoms with Crippen LogP contribution in [0.3, 0.4) is 0 Å². The SMILES string of the molecule is CO[C@H]1Cc2ccccc2[C@H]1NC(=O)/C=C/c1c(-c2ccccc2)n(C)c2ncccc12. The molecule has 5 heteroatoms. The van der Waals surface area contributed by atoms with Crippen LogP contribution in [0.1, 0.15) is 22.7 Å². The van der Waals surface area contributed by atoms with Gasteiger partial charge >= 0.3 is 0 Å². The van der Waals surface area contributed by atoms with E-state index in [2.05, 4.69) is 39.1 Å². The molecule has 2 heterocycles. The molecule has 0 spiro atoms. The molecule has 0 aliphatic heterocycles. The van der Waals surface area contributed by atoms with Gasteiger partial charge < -0.3 is 14.6 Å². The maximum atomic E-state index is 13.0. The van der Waals surface area contributed by atoms with Crippen LogP contribution in [0, 0.1) is 0 Å². The minimum atomic E-state index is -0.156. The molecule has 32 heavy (non-hydrogen) atoms. The Morgan fingerprint density at radius 1 is 1.09 bits per heavy atom. The number of carbonyl (C=O) groups is 1. The number of aromatic nitrogens is 2. The zero-order valence-corrected chi connectivity index (χ0v) is 18.2. The quantitative estimate of drug-likeness (QED) is 0.474. The fourth-order valence-corrected chi connectivity index (χ4v) is 4.71. The smallest absolute Gasteiger partial charge is 0.244 e. The number of rotatable bonds is 5. The third-order valence-electron chi connectivity index (χ3n) is 6.22. The van der Waals surface area contributed by atoms with Crippen molar-refractivity contribution in [3.63, 3.8) is 0 Å². The topological polar surface area (TPSA) is 56.1 Å². The summed E-state index contributed by atoms with van der Waals surface area (Å²) in [5, 5.41) is 4.16. The van der Waals surface area contributed by atoms with Crippen molar-refractivity contribution in [3.8, 4) is 11.3 Å². The van der Waals surface area contributed by atoms with Crippen molar-refractivity contribution in [2.45, 2.75) is 18.6 Å². The van der Waals surface area contributed by atoms with Crippen LogP contribution in [0.25, 0.3) is 28.4 Å². The van der Waals surface area contributed by atoms with Crippen LogP contribution in [0.5, 0.6) is 0 Å². The number of aryl methyl sites for hydroxylation is 1. The summed E-state index contributed by atoms with van der Waals surface area (Å²) < 4.78 is 7.74. The first-order valence-corrected chi connectivity index (χ1v) is 10.8. The molecule has 0 fully saturated rings. The Hall–Kier alpha value is -3.70. The highest BCUT2D eigenvalue weighted by atomic mass is 16.5. The van der Waals surface area contributed by atoms with Crippen molar-refractivity contribution in [2.75, 3.05) is 7.11 Å². The van der Waals surface area contributed by atoms with E-state index in [4.69, 9.17) is 4.74 Å². The van der Waals surface area contributed by atoms with Crippen LogP contribution >= 0.6 is 0 Å². The molecule has 1 aliphatic carbocycles. The van der Waals surface area contributed by atoms with Crippen molar-refractivity contribution in [3.05, 3.63) is 95.7 Å². The van der Waals surface area contributed by atoms with E-state index in [1.165, 1.54) is 5.56 Å². The molecule has 1 N–H and O–H groups in total. The molecule has 4 aromatic rings. The fraction of sp³-hybridized carbons (Fsp3) is 0.185. The number of nitrogens with zero attached hydrogens (tertiary/aromatic N) is 2. The van der Waals surface area contributed by atoms with Gasteiger partial charge in [0.1, 0.15) is 5.65 Å². The van der Waals surface area contributed by atoms with Gasteiger partial charge in [-0.25, -0.2) is 4.98 Å². The van der Waals surface area contributed by atoms with Gasteiger partial charge in [0, 0.05) is 43.8 Å². The van der Waals surface area contributed by atoms with Crippen LogP contribution in [0.15, 0.2) is 79.0 Å². The second-order valence-corrected chi connectivity index (χ2v) is 8.06. The molecule has 5 rings (SSSR count). The molecule has 2 atom stereocenters. The van der Waals surface area contributed by atoms with Gasteiger partial charge in [-0.3, -0.25) is 4.79 Å². The molecule has 0 saturated carbocycles. The van der Waals surface area contributed by atoms with Gasteiger partial charge in [0.2, 0.25) is 5.91 Å². The number of fused-ring (bicyclic) bond motifs is 2. The maximum absolute atomic E-state index is 13.0. The van der Waals surface area contributed by atoms with Crippen LogP contribution in [0.2, 0.25) is 0 Å². The average molecular weight is 424 g/mol. The van der Waals surface area contributed by atoms with Gasteiger partial charge in [-0.1, -0.05) is 54.6 Å². The Bertz CT molecular complexity index is 1310. The summed E-state index contributed by atoms with van der Waals surface area (Å²) >= 11 is 0. The number of hydrogen-bond donors (Lipinski definition) is 1. The highest BCUT2D eigenvalue weighted by Gasteiger charge is 2.33. The van der Waals surface area contributed by atoms with Gasteiger partial charge in [0.25, 0.3) is 0 Å². The Morgan fingerprint density at radius 3 is 2.69 bits per heavy atom. The van der Waals surface area contributed by atoms with E-state index in [9.17, 15) is 4.79 Å². The minimum absolute atomic E-state index is 0.0635. The lowest BCUT2D eigenvalue weighted by molar-refractivity contribution is -0.118. The normalized spacial score (nSPS) is 17.7. The van der Waals surface area contributed by atoms with Gasteiger partial charge in [0.05, 0.1) is 17.8 Å². The van der Waals surface area contributed by atoms with Crippen LogP contribution in [0.4, 0.5) is 0 Å². The number of carbonyl (C=O) groups excluding carboxylic acids is 1. The molecule has 5 nitrogen and oxygen atoms in total. The predicted molar refractivity (Wildman–Crippen MR) is 127 cm³/mol. The largest absolute Gasteiger partial charge is 0.379 e. The molecule has 2 aromatic carbocycles. The van der Waals surface area contributed by atoms with Crippen molar-refractivity contribution in [1.82, 2.24) is 14.9 Å². The summed E-state index contributed by atoms with van der Waals surface area (Å²) in [4.78, 5) is 17.5. The van der Waals surface area contributed by atoms with E-state index < -0.39 is 0 Å². The first kappa shape index (κ1) is 20.2. The summed E-state index contributed by atoms with van der Waals surface area (Å²) in [6.45, 7) is 0. The highest BCUT2D eigenvalue weighted by Crippen LogP contribution is 2.34. The van der Waals surface area contributed by atoms with Gasteiger partial charge in [-0.15, -0.1) is 0 Å². The first-order valence-electron chi connectivity index (χ1n) is 10.8. The molecule has 0 saturated heterocycles. The van der Waals surface area contributed by atoms with Gasteiger partial charge in [-0.05, 0) is 34.9 Å². The Morgan fingerprint density at radius 2 is 1.88 bits per heavy atom. The molecule has 2 aromatic heterocycles. The van der Waals surface area contributed by atoms with E-state index in [1.54, 1.807) is 19.4 Å². The van der Waals surface area contributed by atoms with E-state index in [1.807, 2.05) is 55.6 Å².